The fourth-order valence-electron chi connectivity index (χ4n) is 2.63. The van der Waals surface area contributed by atoms with Crippen molar-refractivity contribution in [1.29, 1.82) is 0 Å². The largest absolute Gasteiger partial charge is 0.383 e. The minimum Gasteiger partial charge on any atom is -0.383 e. The Labute approximate surface area is 151 Å². The third-order valence-electron chi connectivity index (χ3n) is 4.04. The Morgan fingerprint density at radius 1 is 1.27 bits per heavy atom. The Kier molecular flexibility index (Phi) is 6.60. The van der Waals surface area contributed by atoms with Crippen LogP contribution in [0, 0.1) is 0 Å². The van der Waals surface area contributed by atoms with Crippen molar-refractivity contribution in [1.82, 2.24) is 14.9 Å². The molecule has 0 radical (unpaired) electrons. The van der Waals surface area contributed by atoms with E-state index in [2.05, 4.69) is 10.3 Å². The van der Waals surface area contributed by atoms with Crippen LogP contribution in [0.3, 0.4) is 0 Å². The number of H-pyrrole nitrogens is 1. The number of aromatic amines is 1. The van der Waals surface area contributed by atoms with Gasteiger partial charge in [-0.1, -0.05) is 43.7 Å². The monoisotopic (exact) mass is 359 g/mol. The van der Waals surface area contributed by atoms with Gasteiger partial charge in [-0.15, -0.1) is 0 Å². The van der Waals surface area contributed by atoms with Gasteiger partial charge in [0.05, 0.1) is 6.54 Å². The van der Waals surface area contributed by atoms with Crippen LogP contribution in [0.25, 0.3) is 0 Å². The number of nitrogens with zero attached hydrogens (tertiary/aromatic N) is 2. The topological polar surface area (TPSA) is 113 Å². The second kappa shape index (κ2) is 8.89. The van der Waals surface area contributed by atoms with E-state index in [4.69, 9.17) is 5.73 Å². The Hall–Kier alpha value is -3.03. The predicted octanol–water partition coefficient (Wildman–Crippen LogP) is 0.672. The van der Waals surface area contributed by atoms with Gasteiger partial charge in [-0.25, -0.2) is 4.79 Å². The molecular formula is C18H25N5O3. The van der Waals surface area contributed by atoms with Crippen molar-refractivity contribution in [3.63, 3.8) is 0 Å². The highest BCUT2D eigenvalue weighted by atomic mass is 16.2. The summed E-state index contributed by atoms with van der Waals surface area (Å²) in [6, 6.07) is 9.52. The number of anilines is 2. The third kappa shape index (κ3) is 4.75. The summed E-state index contributed by atoms with van der Waals surface area (Å²) in [6.07, 6.45) is 1.65. The van der Waals surface area contributed by atoms with Gasteiger partial charge in [0.25, 0.3) is 5.56 Å². The van der Waals surface area contributed by atoms with Crippen LogP contribution in [0.2, 0.25) is 0 Å². The maximum atomic E-state index is 12.2. The van der Waals surface area contributed by atoms with E-state index in [1.165, 1.54) is 9.47 Å². The van der Waals surface area contributed by atoms with Gasteiger partial charge in [-0.2, -0.15) is 0 Å². The molecule has 2 rings (SSSR count). The van der Waals surface area contributed by atoms with E-state index in [1.807, 2.05) is 37.3 Å². The smallest absolute Gasteiger partial charge is 0.330 e. The number of hydrogen-bond acceptors (Lipinski definition) is 5. The molecule has 0 atom stereocenters. The molecule has 0 fully saturated rings. The van der Waals surface area contributed by atoms with Gasteiger partial charge >= 0.3 is 5.69 Å². The van der Waals surface area contributed by atoms with Crippen molar-refractivity contribution >= 4 is 17.4 Å². The molecule has 0 bridgehead atoms. The SMILES string of the molecule is CCCCn1c(N)c(N(C)CC(=O)NCc2ccccc2)c(=O)[nH]c1=O. The number of nitrogens with one attached hydrogen (secondary N) is 2. The van der Waals surface area contributed by atoms with Crippen LogP contribution in [0.1, 0.15) is 25.3 Å². The van der Waals surface area contributed by atoms with E-state index in [9.17, 15) is 14.4 Å². The van der Waals surface area contributed by atoms with Gasteiger partial charge in [0.1, 0.15) is 11.5 Å². The summed E-state index contributed by atoms with van der Waals surface area (Å²) in [7, 11) is 1.59. The van der Waals surface area contributed by atoms with Gasteiger partial charge < -0.3 is 16.0 Å². The highest BCUT2D eigenvalue weighted by molar-refractivity contribution is 5.82. The molecule has 0 saturated heterocycles. The lowest BCUT2D eigenvalue weighted by molar-refractivity contribution is -0.119. The number of carbonyl (C=O) groups excluding carboxylic acids is 1. The number of likely N-dealkylation sites (N-methyl/N-ethyl adjacent to an activating group) is 1. The zero-order valence-electron chi connectivity index (χ0n) is 15.1. The molecule has 0 saturated carbocycles. The molecule has 8 heteroatoms. The minimum absolute atomic E-state index is 0.0495. The number of aromatic nitrogens is 2. The van der Waals surface area contributed by atoms with Crippen LogP contribution >= 0.6 is 0 Å². The average molecular weight is 359 g/mol. The van der Waals surface area contributed by atoms with Gasteiger partial charge in [-0.3, -0.25) is 19.1 Å². The Morgan fingerprint density at radius 2 is 1.96 bits per heavy atom. The number of carbonyl (C=O) groups is 1. The molecule has 0 unspecified atom stereocenters. The number of nitrogens with two attached hydrogens (primary N) is 1. The Morgan fingerprint density at radius 3 is 2.62 bits per heavy atom. The van der Waals surface area contributed by atoms with E-state index >= 15 is 0 Å². The zero-order chi connectivity index (χ0) is 19.1. The summed E-state index contributed by atoms with van der Waals surface area (Å²) in [4.78, 5) is 40.0. The molecular weight excluding hydrogens is 334 g/mol. The van der Waals surface area contributed by atoms with Crippen LogP contribution in [-0.2, 0) is 17.9 Å². The molecule has 0 aliphatic rings. The van der Waals surface area contributed by atoms with Crippen molar-refractivity contribution in [3.8, 4) is 0 Å². The van der Waals surface area contributed by atoms with Crippen molar-refractivity contribution < 1.29 is 4.79 Å². The molecule has 1 aromatic heterocycles. The fraction of sp³-hybridized carbons (Fsp3) is 0.389. The van der Waals surface area contributed by atoms with E-state index in [0.29, 0.717) is 13.1 Å². The van der Waals surface area contributed by atoms with Crippen LogP contribution in [0.4, 0.5) is 11.5 Å². The normalized spacial score (nSPS) is 10.5. The maximum Gasteiger partial charge on any atom is 0.330 e. The molecule has 0 aliphatic heterocycles. The molecule has 0 spiro atoms. The van der Waals surface area contributed by atoms with Crippen molar-refractivity contribution in [3.05, 3.63) is 56.7 Å². The summed E-state index contributed by atoms with van der Waals surface area (Å²) < 4.78 is 1.33. The number of amides is 1. The minimum atomic E-state index is -0.599. The van der Waals surface area contributed by atoms with E-state index in [-0.39, 0.29) is 24.0 Å². The summed E-state index contributed by atoms with van der Waals surface area (Å²) in [5, 5.41) is 2.80. The van der Waals surface area contributed by atoms with Gasteiger partial charge in [-0.05, 0) is 12.0 Å². The van der Waals surface area contributed by atoms with Crippen LogP contribution in [0.15, 0.2) is 39.9 Å². The maximum absolute atomic E-state index is 12.2. The molecule has 2 aromatic rings. The number of nitrogen functional groups attached to an aromatic ring is 1. The van der Waals surface area contributed by atoms with Gasteiger partial charge in [0, 0.05) is 20.1 Å². The summed E-state index contributed by atoms with van der Waals surface area (Å²) in [5.74, 6) is -0.174. The highest BCUT2D eigenvalue weighted by Gasteiger charge is 2.18. The lowest BCUT2D eigenvalue weighted by Gasteiger charge is -2.21. The third-order valence-corrected chi connectivity index (χ3v) is 4.04. The number of benzene rings is 1. The van der Waals surface area contributed by atoms with E-state index < -0.39 is 11.2 Å². The van der Waals surface area contributed by atoms with Gasteiger partial charge in [0.2, 0.25) is 5.91 Å². The van der Waals surface area contributed by atoms with Gasteiger partial charge in [0.15, 0.2) is 0 Å². The first-order valence-electron chi connectivity index (χ1n) is 8.58. The number of rotatable bonds is 8. The summed E-state index contributed by atoms with van der Waals surface area (Å²) in [5.41, 5.74) is 6.00. The van der Waals surface area contributed by atoms with Crippen LogP contribution in [0.5, 0.6) is 0 Å². The quantitative estimate of drug-likeness (QED) is 0.641. The molecule has 1 aromatic carbocycles. The molecule has 4 N–H and O–H groups in total. The molecule has 8 nitrogen and oxygen atoms in total. The first-order valence-corrected chi connectivity index (χ1v) is 8.58. The van der Waals surface area contributed by atoms with Crippen molar-refractivity contribution in [2.75, 3.05) is 24.2 Å². The second-order valence-corrected chi connectivity index (χ2v) is 6.12. The van der Waals surface area contributed by atoms with Crippen LogP contribution in [-0.4, -0.2) is 29.1 Å². The highest BCUT2D eigenvalue weighted by Crippen LogP contribution is 2.15. The second-order valence-electron chi connectivity index (χ2n) is 6.12. The zero-order valence-corrected chi connectivity index (χ0v) is 15.1. The molecule has 1 heterocycles. The number of hydrogen-bond donors (Lipinski definition) is 3. The van der Waals surface area contributed by atoms with Crippen molar-refractivity contribution in [2.24, 2.45) is 0 Å². The lowest BCUT2D eigenvalue weighted by Crippen LogP contribution is -2.41. The van der Waals surface area contributed by atoms with E-state index in [1.54, 1.807) is 7.05 Å². The average Bonchev–Trinajstić information content (AvgIpc) is 2.60. The molecule has 1 amide bonds. The molecule has 26 heavy (non-hydrogen) atoms. The number of unbranched alkanes of at least 4 members (excludes halogenated alkanes) is 1. The molecule has 0 aliphatic carbocycles. The summed E-state index contributed by atoms with van der Waals surface area (Å²) >= 11 is 0. The van der Waals surface area contributed by atoms with Crippen molar-refractivity contribution in [2.45, 2.75) is 32.9 Å². The lowest BCUT2D eigenvalue weighted by atomic mass is 10.2. The Bertz CT molecular complexity index is 857. The molecule has 140 valence electrons. The first kappa shape index (κ1) is 19.3. The fourth-order valence-corrected chi connectivity index (χ4v) is 2.63. The predicted molar refractivity (Wildman–Crippen MR) is 102 cm³/mol. The standard InChI is InChI=1S/C18H25N5O3/c1-3-4-10-23-16(19)15(17(25)21-18(23)26)22(2)12-14(24)20-11-13-8-6-5-7-9-13/h5-9H,3-4,10-12,19H2,1-2H3,(H,20,24)(H,21,25,26). The van der Waals surface area contributed by atoms with Crippen LogP contribution < -0.4 is 27.2 Å². The summed E-state index contributed by atoms with van der Waals surface area (Å²) in [6.45, 7) is 2.76. The van der Waals surface area contributed by atoms with E-state index in [0.717, 1.165) is 18.4 Å². The Balaban J connectivity index is 2.10. The first-order chi connectivity index (χ1) is 12.4.